The lowest BCUT2D eigenvalue weighted by atomic mass is 9.49. The maximum absolute atomic E-state index is 6.00. The van der Waals surface area contributed by atoms with E-state index in [4.69, 9.17) is 9.47 Å². The Bertz CT molecular complexity index is 239. The molecule has 2 nitrogen and oxygen atoms in total. The Hall–Kier alpha value is -0.0800. The van der Waals surface area contributed by atoms with Gasteiger partial charge in [0, 0.05) is 19.1 Å². The summed E-state index contributed by atoms with van der Waals surface area (Å²) in [6.07, 6.45) is 9.71. The second-order valence-electron chi connectivity index (χ2n) is 6.72. The molecular formula is C15H26O2. The first-order valence-electron chi connectivity index (χ1n) is 7.40. The summed E-state index contributed by atoms with van der Waals surface area (Å²) in [5.41, 5.74) is 0.374. The van der Waals surface area contributed by atoms with E-state index in [-0.39, 0.29) is 6.29 Å². The van der Waals surface area contributed by atoms with Crippen molar-refractivity contribution in [3.05, 3.63) is 0 Å². The lowest BCUT2D eigenvalue weighted by molar-refractivity contribution is -0.240. The first-order valence-corrected chi connectivity index (χ1v) is 7.40. The fraction of sp³-hybridized carbons (Fsp3) is 1.00. The van der Waals surface area contributed by atoms with Crippen LogP contribution < -0.4 is 0 Å². The molecule has 0 aliphatic heterocycles. The van der Waals surface area contributed by atoms with Gasteiger partial charge in [0.25, 0.3) is 0 Å². The van der Waals surface area contributed by atoms with Gasteiger partial charge in [-0.1, -0.05) is 6.92 Å². The summed E-state index contributed by atoms with van der Waals surface area (Å²) in [6.45, 7) is 3.02. The lowest BCUT2D eigenvalue weighted by Gasteiger charge is -2.58. The van der Waals surface area contributed by atoms with Crippen LogP contribution in [0.15, 0.2) is 0 Å². The molecule has 0 aromatic rings. The highest BCUT2D eigenvalue weighted by Crippen LogP contribution is 2.61. The van der Waals surface area contributed by atoms with E-state index in [2.05, 4.69) is 6.92 Å². The summed E-state index contributed by atoms with van der Waals surface area (Å²) < 4.78 is 11.7. The van der Waals surface area contributed by atoms with Gasteiger partial charge < -0.3 is 9.47 Å². The smallest absolute Gasteiger partial charge is 0.162 e. The predicted molar refractivity (Wildman–Crippen MR) is 67.6 cm³/mol. The molecule has 4 saturated carbocycles. The molecule has 0 saturated heterocycles. The Kier molecular flexibility index (Phi) is 3.20. The van der Waals surface area contributed by atoms with E-state index in [0.717, 1.165) is 30.8 Å². The van der Waals surface area contributed by atoms with Gasteiger partial charge in [-0.25, -0.2) is 0 Å². The van der Waals surface area contributed by atoms with Crippen molar-refractivity contribution >= 4 is 0 Å². The highest BCUT2D eigenvalue weighted by Gasteiger charge is 2.55. The van der Waals surface area contributed by atoms with Crippen LogP contribution in [0.3, 0.4) is 0 Å². The molecule has 1 atom stereocenters. The van der Waals surface area contributed by atoms with Gasteiger partial charge >= 0.3 is 0 Å². The third-order valence-electron chi connectivity index (χ3n) is 5.27. The maximum Gasteiger partial charge on any atom is 0.162 e. The van der Waals surface area contributed by atoms with Gasteiger partial charge in [0.05, 0.1) is 0 Å². The van der Waals surface area contributed by atoms with E-state index in [1.807, 2.05) is 7.11 Å². The van der Waals surface area contributed by atoms with Crippen molar-refractivity contribution in [3.8, 4) is 0 Å². The molecule has 0 amide bonds. The molecule has 17 heavy (non-hydrogen) atoms. The van der Waals surface area contributed by atoms with Crippen LogP contribution in [0.1, 0.15) is 51.9 Å². The molecule has 4 aliphatic rings. The van der Waals surface area contributed by atoms with Crippen molar-refractivity contribution < 1.29 is 9.47 Å². The highest BCUT2D eigenvalue weighted by molar-refractivity contribution is 5.02. The molecule has 4 bridgehead atoms. The van der Waals surface area contributed by atoms with Crippen molar-refractivity contribution in [1.82, 2.24) is 0 Å². The van der Waals surface area contributed by atoms with Gasteiger partial charge in [-0.05, 0) is 62.7 Å². The minimum absolute atomic E-state index is 0.0656. The standard InChI is InChI=1S/C15H26O2/c1-3-4-17-14(16-2)15-8-11-5-12(9-15)7-13(6-11)10-15/h11-14H,3-10H2,1-2H3. The van der Waals surface area contributed by atoms with Crippen molar-refractivity contribution in [2.24, 2.45) is 23.2 Å². The summed E-state index contributed by atoms with van der Waals surface area (Å²) in [6, 6.07) is 0. The average molecular weight is 238 g/mol. The van der Waals surface area contributed by atoms with E-state index in [1.165, 1.54) is 38.5 Å². The Balaban J connectivity index is 1.75. The Morgan fingerprint density at radius 1 is 1.06 bits per heavy atom. The van der Waals surface area contributed by atoms with Gasteiger partial charge in [0.2, 0.25) is 0 Å². The SMILES string of the molecule is CCCOC(OC)C12CC3CC(CC(C3)C1)C2. The van der Waals surface area contributed by atoms with E-state index >= 15 is 0 Å². The van der Waals surface area contributed by atoms with Crippen LogP contribution in [0.25, 0.3) is 0 Å². The Labute approximate surface area is 105 Å². The zero-order valence-corrected chi connectivity index (χ0v) is 11.3. The molecule has 4 fully saturated rings. The molecule has 0 aromatic heterocycles. The number of rotatable bonds is 5. The van der Waals surface area contributed by atoms with Crippen molar-refractivity contribution in [3.63, 3.8) is 0 Å². The molecule has 1 unspecified atom stereocenters. The van der Waals surface area contributed by atoms with Crippen LogP contribution in [0.5, 0.6) is 0 Å². The molecule has 0 radical (unpaired) electrons. The zero-order valence-electron chi connectivity index (χ0n) is 11.3. The van der Waals surface area contributed by atoms with E-state index in [1.54, 1.807) is 0 Å². The molecule has 0 heterocycles. The topological polar surface area (TPSA) is 18.5 Å². The monoisotopic (exact) mass is 238 g/mol. The quantitative estimate of drug-likeness (QED) is 0.681. The van der Waals surface area contributed by atoms with Crippen LogP contribution in [0.2, 0.25) is 0 Å². The summed E-state index contributed by atoms with van der Waals surface area (Å²) >= 11 is 0. The normalized spacial score (nSPS) is 45.2. The van der Waals surface area contributed by atoms with Gasteiger partial charge in [0.15, 0.2) is 6.29 Å². The van der Waals surface area contributed by atoms with Crippen LogP contribution in [-0.2, 0) is 9.47 Å². The molecule has 0 spiro atoms. The van der Waals surface area contributed by atoms with Crippen LogP contribution in [0.4, 0.5) is 0 Å². The van der Waals surface area contributed by atoms with Crippen molar-refractivity contribution in [2.45, 2.75) is 58.2 Å². The van der Waals surface area contributed by atoms with Gasteiger partial charge in [-0.3, -0.25) is 0 Å². The summed E-state index contributed by atoms with van der Waals surface area (Å²) in [4.78, 5) is 0. The van der Waals surface area contributed by atoms with Gasteiger partial charge in [0.1, 0.15) is 0 Å². The first kappa shape index (κ1) is 12.0. The Morgan fingerprint density at radius 3 is 2.00 bits per heavy atom. The molecule has 4 aliphatic carbocycles. The average Bonchev–Trinajstić information content (AvgIpc) is 2.27. The predicted octanol–water partition coefficient (Wildman–Crippen LogP) is 3.60. The van der Waals surface area contributed by atoms with Crippen LogP contribution in [0, 0.1) is 23.2 Å². The van der Waals surface area contributed by atoms with E-state index in [9.17, 15) is 0 Å². The molecule has 0 aromatic carbocycles. The number of hydrogen-bond donors (Lipinski definition) is 0. The zero-order chi connectivity index (χ0) is 11.9. The van der Waals surface area contributed by atoms with E-state index in [0.29, 0.717) is 5.41 Å². The summed E-state index contributed by atoms with van der Waals surface area (Å²) in [5, 5.41) is 0. The fourth-order valence-corrected chi connectivity index (χ4v) is 5.19. The number of hydrogen-bond acceptors (Lipinski definition) is 2. The minimum Gasteiger partial charge on any atom is -0.355 e. The molecule has 2 heteroatoms. The lowest BCUT2D eigenvalue weighted by Crippen LogP contribution is -2.53. The first-order chi connectivity index (χ1) is 8.25. The van der Waals surface area contributed by atoms with E-state index < -0.39 is 0 Å². The molecule has 4 rings (SSSR count). The molecular weight excluding hydrogens is 212 g/mol. The minimum atomic E-state index is 0.0656. The number of ether oxygens (including phenoxy) is 2. The van der Waals surface area contributed by atoms with Crippen molar-refractivity contribution in [2.75, 3.05) is 13.7 Å². The third kappa shape index (κ3) is 2.04. The van der Waals surface area contributed by atoms with Crippen LogP contribution in [-0.4, -0.2) is 20.0 Å². The second-order valence-corrected chi connectivity index (χ2v) is 6.72. The summed E-state index contributed by atoms with van der Waals surface area (Å²) in [7, 11) is 1.83. The molecule has 98 valence electrons. The largest absolute Gasteiger partial charge is 0.355 e. The van der Waals surface area contributed by atoms with Gasteiger partial charge in [-0.2, -0.15) is 0 Å². The summed E-state index contributed by atoms with van der Waals surface area (Å²) in [5.74, 6) is 2.93. The molecule has 0 N–H and O–H groups in total. The highest BCUT2D eigenvalue weighted by atomic mass is 16.7. The second kappa shape index (κ2) is 4.55. The van der Waals surface area contributed by atoms with Crippen LogP contribution >= 0.6 is 0 Å². The fourth-order valence-electron chi connectivity index (χ4n) is 5.19. The van der Waals surface area contributed by atoms with Gasteiger partial charge in [-0.15, -0.1) is 0 Å². The van der Waals surface area contributed by atoms with Crippen molar-refractivity contribution in [1.29, 1.82) is 0 Å². The third-order valence-corrected chi connectivity index (χ3v) is 5.27. The maximum atomic E-state index is 6.00. The number of methoxy groups -OCH3 is 1. The Morgan fingerprint density at radius 2 is 1.59 bits per heavy atom.